The Hall–Kier alpha value is -2.68. The molecule has 0 atom stereocenters. The standard InChI is InChI=1S/C21H20N2O/c1-21(2,3)13-14-11-12-22-20(23-14)17-9-6-8-16-15-7-4-5-10-18(15)24-19(16)17/h4-12H,13H2,1-3H3/i13D2. The first-order valence-corrected chi connectivity index (χ1v) is 8.03. The lowest BCUT2D eigenvalue weighted by molar-refractivity contribution is 0.406. The van der Waals surface area contributed by atoms with Crippen LogP contribution in [0.3, 0.4) is 0 Å². The predicted octanol–water partition coefficient (Wildman–Crippen LogP) is 5.63. The van der Waals surface area contributed by atoms with Crippen LogP contribution in [-0.2, 0) is 6.37 Å². The summed E-state index contributed by atoms with van der Waals surface area (Å²) in [4.78, 5) is 8.94. The molecule has 0 aliphatic carbocycles. The lowest BCUT2D eigenvalue weighted by Crippen LogP contribution is -2.11. The molecule has 2 heterocycles. The van der Waals surface area contributed by atoms with Crippen molar-refractivity contribution in [2.75, 3.05) is 0 Å². The zero-order valence-electron chi connectivity index (χ0n) is 16.0. The second-order valence-corrected chi connectivity index (χ2v) is 6.92. The lowest BCUT2D eigenvalue weighted by atomic mass is 9.90. The Kier molecular flexibility index (Phi) is 2.88. The minimum absolute atomic E-state index is 0.378. The van der Waals surface area contributed by atoms with Gasteiger partial charge in [-0.15, -0.1) is 0 Å². The van der Waals surface area contributed by atoms with E-state index in [-0.39, 0.29) is 0 Å². The van der Waals surface area contributed by atoms with Crippen LogP contribution in [0, 0.1) is 5.41 Å². The molecular formula is C21H20N2O. The molecule has 0 unspecified atom stereocenters. The first-order chi connectivity index (χ1) is 12.3. The smallest absolute Gasteiger partial charge is 0.163 e. The van der Waals surface area contributed by atoms with Crippen molar-refractivity contribution >= 4 is 21.9 Å². The van der Waals surface area contributed by atoms with Gasteiger partial charge in [-0.3, -0.25) is 0 Å². The second-order valence-electron chi connectivity index (χ2n) is 6.92. The van der Waals surface area contributed by atoms with E-state index in [4.69, 9.17) is 7.16 Å². The molecule has 0 aliphatic rings. The Bertz CT molecular complexity index is 1110. The minimum atomic E-state index is -1.58. The van der Waals surface area contributed by atoms with Gasteiger partial charge in [-0.05, 0) is 30.0 Å². The van der Waals surface area contributed by atoms with E-state index >= 15 is 0 Å². The molecule has 4 rings (SSSR count). The molecule has 0 aliphatic heterocycles. The van der Waals surface area contributed by atoms with E-state index < -0.39 is 11.8 Å². The number of furan rings is 1. The molecule has 0 amide bonds. The van der Waals surface area contributed by atoms with Gasteiger partial charge in [-0.1, -0.05) is 51.1 Å². The maximum Gasteiger partial charge on any atom is 0.163 e. The molecule has 24 heavy (non-hydrogen) atoms. The number of para-hydroxylation sites is 2. The van der Waals surface area contributed by atoms with Crippen LogP contribution in [0.2, 0.25) is 0 Å². The van der Waals surface area contributed by atoms with Crippen molar-refractivity contribution in [2.45, 2.75) is 27.1 Å². The highest BCUT2D eigenvalue weighted by Gasteiger charge is 2.16. The normalized spacial score (nSPS) is 14.0. The van der Waals surface area contributed by atoms with E-state index in [1.165, 1.54) is 0 Å². The lowest BCUT2D eigenvalue weighted by Gasteiger charge is -2.17. The summed E-state index contributed by atoms with van der Waals surface area (Å²) < 4.78 is 23.0. The SMILES string of the molecule is [2H]C([2H])(c1ccnc(-c2cccc3c2oc2ccccc23)n1)C(C)(C)C. The molecule has 0 bridgehead atoms. The van der Waals surface area contributed by atoms with Crippen LogP contribution in [0.25, 0.3) is 33.3 Å². The van der Waals surface area contributed by atoms with E-state index in [9.17, 15) is 0 Å². The third-order valence-electron chi connectivity index (χ3n) is 3.80. The molecule has 0 fully saturated rings. The number of aromatic nitrogens is 2. The molecule has 2 aromatic carbocycles. The average molecular weight is 318 g/mol. The fourth-order valence-electron chi connectivity index (χ4n) is 2.87. The van der Waals surface area contributed by atoms with Crippen LogP contribution in [-0.4, -0.2) is 9.97 Å². The molecular weight excluding hydrogens is 296 g/mol. The Balaban J connectivity index is 1.93. The van der Waals surface area contributed by atoms with E-state index in [0.29, 0.717) is 11.5 Å². The molecule has 3 heteroatoms. The van der Waals surface area contributed by atoms with Gasteiger partial charge < -0.3 is 4.42 Å². The molecule has 2 aromatic heterocycles. The van der Waals surface area contributed by atoms with Crippen LogP contribution in [0.5, 0.6) is 0 Å². The van der Waals surface area contributed by atoms with Gasteiger partial charge in [0.15, 0.2) is 5.82 Å². The van der Waals surface area contributed by atoms with Crippen molar-refractivity contribution in [1.29, 1.82) is 0 Å². The van der Waals surface area contributed by atoms with E-state index in [1.54, 1.807) is 12.3 Å². The third kappa shape index (κ3) is 2.67. The fraction of sp³-hybridized carbons (Fsp3) is 0.238. The largest absolute Gasteiger partial charge is 0.455 e. The fourth-order valence-corrected chi connectivity index (χ4v) is 2.87. The Morgan fingerprint density at radius 2 is 1.79 bits per heavy atom. The van der Waals surface area contributed by atoms with E-state index in [2.05, 4.69) is 9.97 Å². The first-order valence-electron chi connectivity index (χ1n) is 9.03. The zero-order chi connectivity index (χ0) is 18.5. The summed E-state index contributed by atoms with van der Waals surface area (Å²) in [5, 5.41) is 2.05. The number of benzene rings is 2. The quantitative estimate of drug-likeness (QED) is 0.480. The molecule has 120 valence electrons. The number of hydrogen-bond donors (Lipinski definition) is 0. The molecule has 0 saturated carbocycles. The molecule has 4 aromatic rings. The van der Waals surface area contributed by atoms with Crippen LogP contribution >= 0.6 is 0 Å². The van der Waals surface area contributed by atoms with Crippen LogP contribution in [0.1, 0.15) is 29.2 Å². The Morgan fingerprint density at radius 3 is 2.62 bits per heavy atom. The van der Waals surface area contributed by atoms with Gasteiger partial charge in [0.05, 0.1) is 5.56 Å². The van der Waals surface area contributed by atoms with Crippen LogP contribution in [0.15, 0.2) is 59.1 Å². The van der Waals surface area contributed by atoms with Crippen molar-refractivity contribution in [3.05, 3.63) is 60.4 Å². The van der Waals surface area contributed by atoms with Crippen LogP contribution < -0.4 is 0 Å². The number of nitrogens with zero attached hydrogens (tertiary/aromatic N) is 2. The average Bonchev–Trinajstić information content (AvgIpc) is 2.99. The summed E-state index contributed by atoms with van der Waals surface area (Å²) in [6, 6.07) is 15.4. The Labute approximate surface area is 144 Å². The molecule has 0 spiro atoms. The molecule has 0 radical (unpaired) electrons. The van der Waals surface area contributed by atoms with Crippen molar-refractivity contribution < 1.29 is 7.16 Å². The monoisotopic (exact) mass is 318 g/mol. The highest BCUT2D eigenvalue weighted by molar-refractivity contribution is 6.08. The summed E-state index contributed by atoms with van der Waals surface area (Å²) in [5.41, 5.74) is 2.11. The van der Waals surface area contributed by atoms with Crippen molar-refractivity contribution in [1.82, 2.24) is 9.97 Å². The first kappa shape index (κ1) is 12.7. The summed E-state index contributed by atoms with van der Waals surface area (Å²) in [6.07, 6.45) is 0.0369. The summed E-state index contributed by atoms with van der Waals surface area (Å²) in [6.45, 7) is 5.61. The van der Waals surface area contributed by atoms with E-state index in [0.717, 1.165) is 27.5 Å². The zero-order valence-corrected chi connectivity index (χ0v) is 14.0. The second kappa shape index (κ2) is 5.45. The van der Waals surface area contributed by atoms with Crippen molar-refractivity contribution in [3.63, 3.8) is 0 Å². The summed E-state index contributed by atoms with van der Waals surface area (Å²) in [7, 11) is 0. The van der Waals surface area contributed by atoms with Gasteiger partial charge in [-0.25, -0.2) is 9.97 Å². The van der Waals surface area contributed by atoms with Crippen LogP contribution in [0.4, 0.5) is 0 Å². The van der Waals surface area contributed by atoms with Crippen molar-refractivity contribution in [2.24, 2.45) is 5.41 Å². The van der Waals surface area contributed by atoms with Gasteiger partial charge in [0.2, 0.25) is 0 Å². The van der Waals surface area contributed by atoms with Gasteiger partial charge in [0.25, 0.3) is 0 Å². The highest BCUT2D eigenvalue weighted by Crippen LogP contribution is 2.34. The minimum Gasteiger partial charge on any atom is -0.455 e. The maximum absolute atomic E-state index is 8.48. The number of hydrogen-bond acceptors (Lipinski definition) is 3. The van der Waals surface area contributed by atoms with Gasteiger partial charge in [-0.2, -0.15) is 0 Å². The van der Waals surface area contributed by atoms with Gasteiger partial charge in [0, 0.05) is 25.4 Å². The molecule has 3 nitrogen and oxygen atoms in total. The van der Waals surface area contributed by atoms with Gasteiger partial charge in [0.1, 0.15) is 11.2 Å². The van der Waals surface area contributed by atoms with E-state index in [1.807, 2.05) is 63.2 Å². The number of rotatable bonds is 2. The topological polar surface area (TPSA) is 38.9 Å². The predicted molar refractivity (Wildman–Crippen MR) is 97.9 cm³/mol. The number of fused-ring (bicyclic) bond motifs is 3. The maximum atomic E-state index is 8.48. The highest BCUT2D eigenvalue weighted by atomic mass is 16.3. The Morgan fingerprint density at radius 1 is 1.00 bits per heavy atom. The summed E-state index contributed by atoms with van der Waals surface area (Å²) >= 11 is 0. The van der Waals surface area contributed by atoms with Gasteiger partial charge >= 0.3 is 0 Å². The van der Waals surface area contributed by atoms with Crippen molar-refractivity contribution in [3.8, 4) is 11.4 Å². The molecule has 0 saturated heterocycles. The summed E-state index contributed by atoms with van der Waals surface area (Å²) in [5.74, 6) is 0.472. The third-order valence-corrected chi connectivity index (χ3v) is 3.80. The molecule has 0 N–H and O–H groups in total.